The van der Waals surface area contributed by atoms with Crippen LogP contribution >= 0.6 is 22.9 Å². The van der Waals surface area contributed by atoms with Gasteiger partial charge in [0.05, 0.1) is 11.6 Å². The molecule has 0 aliphatic carbocycles. The number of benzene rings is 2. The smallest absolute Gasteiger partial charge is 0.268 e. The first kappa shape index (κ1) is 27.0. The number of carbonyl (C=O) groups is 1. The number of nitrogens with one attached hydrogen (secondary N) is 1. The fourth-order valence-corrected chi connectivity index (χ4v) is 4.27. The lowest BCUT2D eigenvalue weighted by molar-refractivity contribution is -0.112. The minimum Gasteiger partial charge on any atom is -0.490 e. The summed E-state index contributed by atoms with van der Waals surface area (Å²) in [4.78, 5) is 12.6. The largest absolute Gasteiger partial charge is 0.490 e. The van der Waals surface area contributed by atoms with Crippen molar-refractivity contribution in [1.29, 1.82) is 5.26 Å². The molecule has 0 radical (unpaired) electrons. The molecular formula is C26H27ClN4O4S. The van der Waals surface area contributed by atoms with Gasteiger partial charge in [-0.3, -0.25) is 10.1 Å². The Morgan fingerprint density at radius 1 is 1.08 bits per heavy atom. The molecule has 0 aliphatic rings. The number of carbonyl (C=O) groups excluding carboxylic acids is 1. The average molecular weight is 527 g/mol. The summed E-state index contributed by atoms with van der Waals surface area (Å²) in [6.07, 6.45) is 2.14. The van der Waals surface area contributed by atoms with Crippen molar-refractivity contribution >= 4 is 40.1 Å². The number of amides is 1. The normalized spacial score (nSPS) is 11.1. The summed E-state index contributed by atoms with van der Waals surface area (Å²) < 4.78 is 17.4. The first-order chi connectivity index (χ1) is 17.3. The number of hydrogen-bond donors (Lipinski definition) is 1. The highest BCUT2D eigenvalue weighted by Crippen LogP contribution is 2.37. The molecule has 0 saturated carbocycles. The molecule has 188 valence electrons. The van der Waals surface area contributed by atoms with Crippen LogP contribution in [-0.4, -0.2) is 35.9 Å². The summed E-state index contributed by atoms with van der Waals surface area (Å²) in [6.45, 7) is 8.75. The van der Waals surface area contributed by atoms with E-state index in [1.54, 1.807) is 12.1 Å². The Balaban J connectivity index is 1.72. The van der Waals surface area contributed by atoms with E-state index in [9.17, 15) is 10.1 Å². The molecule has 1 aromatic heterocycles. The van der Waals surface area contributed by atoms with Crippen molar-refractivity contribution in [3.63, 3.8) is 0 Å². The van der Waals surface area contributed by atoms with Gasteiger partial charge in [-0.25, -0.2) is 0 Å². The van der Waals surface area contributed by atoms with E-state index in [1.165, 1.54) is 17.4 Å². The zero-order valence-corrected chi connectivity index (χ0v) is 22.1. The fraction of sp³-hybridized carbons (Fsp3) is 0.308. The molecule has 0 saturated heterocycles. The molecule has 0 atom stereocenters. The van der Waals surface area contributed by atoms with Crippen molar-refractivity contribution in [1.82, 2.24) is 10.2 Å². The molecule has 0 spiro atoms. The van der Waals surface area contributed by atoms with Gasteiger partial charge in [0.15, 0.2) is 11.5 Å². The number of nitriles is 1. The molecular weight excluding hydrogens is 500 g/mol. The Bertz CT molecular complexity index is 1280. The minimum atomic E-state index is -0.589. The summed E-state index contributed by atoms with van der Waals surface area (Å²) in [7, 11) is 0. The molecule has 1 amide bonds. The van der Waals surface area contributed by atoms with Crippen LogP contribution in [0.1, 0.15) is 35.5 Å². The topological polar surface area (TPSA) is 106 Å². The Morgan fingerprint density at radius 2 is 1.81 bits per heavy atom. The number of aromatic nitrogens is 2. The number of hydrogen-bond acceptors (Lipinski definition) is 8. The standard InChI is InChI=1S/C26H27ClN4O4S/c1-5-23-30-31-26(36-23)29-25(32)19(15-28)12-18-13-21(27)24(22(14-18)33-6-2)35-8-7-34-20-10-16(3)9-17(4)11-20/h9-14H,5-8H2,1-4H3,(H,29,31,32)/b19-12-. The number of nitrogens with zero attached hydrogens (tertiary/aromatic N) is 3. The van der Waals surface area contributed by atoms with Crippen LogP contribution in [0, 0.1) is 25.2 Å². The van der Waals surface area contributed by atoms with E-state index in [1.807, 2.05) is 45.9 Å². The van der Waals surface area contributed by atoms with Gasteiger partial charge in [-0.15, -0.1) is 10.2 Å². The van der Waals surface area contributed by atoms with Gasteiger partial charge in [0, 0.05) is 0 Å². The summed E-state index contributed by atoms with van der Waals surface area (Å²) in [5.41, 5.74) is 2.64. The van der Waals surface area contributed by atoms with Crippen molar-refractivity contribution in [3.05, 3.63) is 62.6 Å². The van der Waals surface area contributed by atoms with Crippen molar-refractivity contribution in [2.75, 3.05) is 25.1 Å². The summed E-state index contributed by atoms with van der Waals surface area (Å²) in [6, 6.07) is 11.2. The highest BCUT2D eigenvalue weighted by atomic mass is 35.5. The number of aryl methyl sites for hydroxylation is 3. The maximum atomic E-state index is 12.6. The quantitative estimate of drug-likeness (QED) is 0.192. The molecule has 0 aliphatic heterocycles. The molecule has 3 aromatic rings. The second kappa shape index (κ2) is 12.9. The first-order valence-electron chi connectivity index (χ1n) is 11.4. The molecule has 3 rings (SSSR count). The van der Waals surface area contributed by atoms with Gasteiger partial charge in [-0.05, 0) is 74.2 Å². The fourth-order valence-electron chi connectivity index (χ4n) is 3.32. The number of anilines is 1. The van der Waals surface area contributed by atoms with Crippen molar-refractivity contribution < 1.29 is 19.0 Å². The molecule has 0 unspecified atom stereocenters. The Labute approximate surface area is 219 Å². The minimum absolute atomic E-state index is 0.114. The van der Waals surface area contributed by atoms with Crippen molar-refractivity contribution in [2.24, 2.45) is 0 Å². The van der Waals surface area contributed by atoms with Gasteiger partial charge in [0.25, 0.3) is 5.91 Å². The lowest BCUT2D eigenvalue weighted by Gasteiger charge is -2.15. The van der Waals surface area contributed by atoms with Gasteiger partial charge in [0.2, 0.25) is 5.13 Å². The molecule has 10 heteroatoms. The van der Waals surface area contributed by atoms with Crippen LogP contribution in [0.3, 0.4) is 0 Å². The van der Waals surface area contributed by atoms with Crippen LogP contribution in [0.15, 0.2) is 35.9 Å². The zero-order valence-electron chi connectivity index (χ0n) is 20.6. The maximum absolute atomic E-state index is 12.6. The number of ether oxygens (including phenoxy) is 3. The predicted octanol–water partition coefficient (Wildman–Crippen LogP) is 5.77. The lowest BCUT2D eigenvalue weighted by atomic mass is 10.1. The van der Waals surface area contributed by atoms with Gasteiger partial charge in [0.1, 0.15) is 35.6 Å². The third-order valence-electron chi connectivity index (χ3n) is 4.79. The van der Waals surface area contributed by atoms with E-state index in [0.717, 1.165) is 21.9 Å². The molecule has 36 heavy (non-hydrogen) atoms. The SMILES string of the molecule is CCOc1cc(/C=C(/C#N)C(=O)Nc2nnc(CC)s2)cc(Cl)c1OCCOc1cc(C)cc(C)c1. The van der Waals surface area contributed by atoms with Gasteiger partial charge < -0.3 is 14.2 Å². The Kier molecular flexibility index (Phi) is 9.68. The molecule has 1 heterocycles. The van der Waals surface area contributed by atoms with Crippen molar-refractivity contribution in [3.8, 4) is 23.3 Å². The zero-order chi connectivity index (χ0) is 26.1. The van der Waals surface area contributed by atoms with E-state index in [4.69, 9.17) is 25.8 Å². The molecule has 0 bridgehead atoms. The lowest BCUT2D eigenvalue weighted by Crippen LogP contribution is -2.13. The van der Waals surface area contributed by atoms with E-state index >= 15 is 0 Å². The Hall–Kier alpha value is -3.61. The number of rotatable bonds is 11. The van der Waals surface area contributed by atoms with Gasteiger partial charge in [-0.2, -0.15) is 5.26 Å². The molecule has 8 nitrogen and oxygen atoms in total. The van der Waals surface area contributed by atoms with Crippen LogP contribution in [-0.2, 0) is 11.2 Å². The van der Waals surface area contributed by atoms with E-state index in [2.05, 4.69) is 21.6 Å². The van der Waals surface area contributed by atoms with Crippen LogP contribution in [0.25, 0.3) is 6.08 Å². The van der Waals surface area contributed by atoms with Crippen LogP contribution in [0.5, 0.6) is 17.2 Å². The van der Waals surface area contributed by atoms with E-state index < -0.39 is 5.91 Å². The van der Waals surface area contributed by atoms with Crippen molar-refractivity contribution in [2.45, 2.75) is 34.1 Å². The van der Waals surface area contributed by atoms with E-state index in [-0.39, 0.29) is 17.2 Å². The average Bonchev–Trinajstić information content (AvgIpc) is 3.28. The number of halogens is 1. The van der Waals surface area contributed by atoms with Gasteiger partial charge in [-0.1, -0.05) is 35.9 Å². The Morgan fingerprint density at radius 3 is 2.44 bits per heavy atom. The molecule has 2 aromatic carbocycles. The maximum Gasteiger partial charge on any atom is 0.268 e. The summed E-state index contributed by atoms with van der Waals surface area (Å²) >= 11 is 7.75. The monoisotopic (exact) mass is 526 g/mol. The highest BCUT2D eigenvalue weighted by molar-refractivity contribution is 7.15. The second-order valence-corrected chi connectivity index (χ2v) is 9.23. The summed E-state index contributed by atoms with van der Waals surface area (Å²) in [5.74, 6) is 0.948. The molecule has 1 N–H and O–H groups in total. The highest BCUT2D eigenvalue weighted by Gasteiger charge is 2.16. The second-order valence-electron chi connectivity index (χ2n) is 7.76. The van der Waals surface area contributed by atoms with Crippen LogP contribution in [0.2, 0.25) is 5.02 Å². The predicted molar refractivity (Wildman–Crippen MR) is 141 cm³/mol. The first-order valence-corrected chi connectivity index (χ1v) is 12.6. The third-order valence-corrected chi connectivity index (χ3v) is 6.05. The molecule has 0 fully saturated rings. The van der Waals surface area contributed by atoms with Crippen LogP contribution in [0.4, 0.5) is 5.13 Å². The third kappa shape index (κ3) is 7.44. The van der Waals surface area contributed by atoms with Crippen LogP contribution < -0.4 is 19.5 Å². The summed E-state index contributed by atoms with van der Waals surface area (Å²) in [5, 5.41) is 21.4. The van der Waals surface area contributed by atoms with E-state index in [0.29, 0.717) is 41.8 Å². The van der Waals surface area contributed by atoms with Gasteiger partial charge >= 0.3 is 0 Å².